The summed E-state index contributed by atoms with van der Waals surface area (Å²) < 4.78 is 10.7. The Morgan fingerprint density at radius 1 is 1.19 bits per heavy atom. The lowest BCUT2D eigenvalue weighted by Gasteiger charge is -2.14. The lowest BCUT2D eigenvalue weighted by Crippen LogP contribution is -2.26. The Kier molecular flexibility index (Phi) is 3.31. The number of para-hydroxylation sites is 1. The number of nitrogens with zero attached hydrogens (tertiary/aromatic N) is 1. The molecular formula is C16H13NO4. The normalized spacial score (nSPS) is 10.7. The second-order valence-corrected chi connectivity index (χ2v) is 4.71. The molecule has 0 saturated heterocycles. The Morgan fingerprint density at radius 2 is 2.00 bits per heavy atom. The molecule has 0 bridgehead atoms. The number of hydrogen-bond acceptors (Lipinski definition) is 4. The maximum Gasteiger partial charge on any atom is 0.289 e. The molecule has 0 atom stereocenters. The van der Waals surface area contributed by atoms with E-state index in [1.54, 1.807) is 49.7 Å². The van der Waals surface area contributed by atoms with Crippen molar-refractivity contribution < 1.29 is 13.6 Å². The van der Waals surface area contributed by atoms with Gasteiger partial charge in [-0.2, -0.15) is 0 Å². The number of fused-ring (bicyclic) bond motifs is 1. The van der Waals surface area contributed by atoms with E-state index in [9.17, 15) is 9.59 Å². The summed E-state index contributed by atoms with van der Waals surface area (Å²) in [5.74, 6) is 0.316. The molecule has 0 unspecified atom stereocenters. The maximum atomic E-state index is 12.3. The lowest BCUT2D eigenvalue weighted by molar-refractivity contribution is 0.0744. The fourth-order valence-electron chi connectivity index (χ4n) is 2.11. The zero-order valence-corrected chi connectivity index (χ0v) is 11.4. The molecule has 1 aromatic carbocycles. The molecule has 5 heteroatoms. The largest absolute Gasteiger partial charge is 0.467 e. The van der Waals surface area contributed by atoms with Gasteiger partial charge in [0.1, 0.15) is 11.3 Å². The molecule has 2 heterocycles. The molecule has 3 aromatic rings. The number of rotatable bonds is 3. The van der Waals surface area contributed by atoms with Crippen molar-refractivity contribution in [2.75, 3.05) is 7.05 Å². The summed E-state index contributed by atoms with van der Waals surface area (Å²) in [6.07, 6.45) is 1.55. The van der Waals surface area contributed by atoms with E-state index in [1.807, 2.05) is 0 Å². The van der Waals surface area contributed by atoms with Crippen LogP contribution in [0.25, 0.3) is 11.0 Å². The summed E-state index contributed by atoms with van der Waals surface area (Å²) in [5, 5.41) is 0.461. The number of carbonyl (C=O) groups excluding carboxylic acids is 1. The van der Waals surface area contributed by atoms with Crippen molar-refractivity contribution in [2.45, 2.75) is 6.54 Å². The Morgan fingerprint density at radius 3 is 2.76 bits per heavy atom. The van der Waals surface area contributed by atoms with Gasteiger partial charge in [-0.3, -0.25) is 9.59 Å². The summed E-state index contributed by atoms with van der Waals surface area (Å²) in [5.41, 5.74) is 0.173. The maximum absolute atomic E-state index is 12.3. The molecule has 0 fully saturated rings. The third-order valence-corrected chi connectivity index (χ3v) is 3.17. The van der Waals surface area contributed by atoms with Crippen LogP contribution in [-0.4, -0.2) is 17.9 Å². The molecule has 5 nitrogen and oxygen atoms in total. The van der Waals surface area contributed by atoms with Gasteiger partial charge in [0.05, 0.1) is 18.2 Å². The molecule has 106 valence electrons. The van der Waals surface area contributed by atoms with Gasteiger partial charge >= 0.3 is 0 Å². The van der Waals surface area contributed by atoms with Crippen LogP contribution in [0, 0.1) is 0 Å². The number of hydrogen-bond donors (Lipinski definition) is 0. The van der Waals surface area contributed by atoms with E-state index in [4.69, 9.17) is 8.83 Å². The lowest BCUT2D eigenvalue weighted by atomic mass is 10.2. The fourth-order valence-corrected chi connectivity index (χ4v) is 2.11. The van der Waals surface area contributed by atoms with Gasteiger partial charge in [-0.15, -0.1) is 0 Å². The predicted molar refractivity (Wildman–Crippen MR) is 77.0 cm³/mol. The minimum atomic E-state index is -0.366. The van der Waals surface area contributed by atoms with Crippen LogP contribution in [-0.2, 0) is 6.54 Å². The second kappa shape index (κ2) is 5.28. The first-order valence-corrected chi connectivity index (χ1v) is 6.46. The van der Waals surface area contributed by atoms with Crippen molar-refractivity contribution >= 4 is 16.9 Å². The van der Waals surface area contributed by atoms with E-state index in [0.29, 0.717) is 23.3 Å². The van der Waals surface area contributed by atoms with Gasteiger partial charge in [0.2, 0.25) is 0 Å². The summed E-state index contributed by atoms with van der Waals surface area (Å²) in [7, 11) is 1.63. The smallest absolute Gasteiger partial charge is 0.289 e. The van der Waals surface area contributed by atoms with Crippen molar-refractivity contribution in [1.29, 1.82) is 0 Å². The van der Waals surface area contributed by atoms with Crippen molar-refractivity contribution in [3.63, 3.8) is 0 Å². The Balaban J connectivity index is 1.92. The van der Waals surface area contributed by atoms with Gasteiger partial charge in [0.15, 0.2) is 11.2 Å². The number of furan rings is 1. The van der Waals surface area contributed by atoms with Gasteiger partial charge in [0.25, 0.3) is 5.91 Å². The predicted octanol–water partition coefficient (Wildman–Crippen LogP) is 2.66. The molecule has 21 heavy (non-hydrogen) atoms. The summed E-state index contributed by atoms with van der Waals surface area (Å²) >= 11 is 0. The van der Waals surface area contributed by atoms with Crippen LogP contribution in [0.1, 0.15) is 16.3 Å². The van der Waals surface area contributed by atoms with Crippen LogP contribution >= 0.6 is 0 Å². The summed E-state index contributed by atoms with van der Waals surface area (Å²) in [6.45, 7) is 0.308. The molecular weight excluding hydrogens is 270 g/mol. The van der Waals surface area contributed by atoms with Crippen LogP contribution < -0.4 is 5.43 Å². The van der Waals surface area contributed by atoms with Crippen LogP contribution in [0.3, 0.4) is 0 Å². The van der Waals surface area contributed by atoms with Crippen molar-refractivity contribution in [2.24, 2.45) is 0 Å². The highest BCUT2D eigenvalue weighted by Crippen LogP contribution is 2.14. The quantitative estimate of drug-likeness (QED) is 0.741. The van der Waals surface area contributed by atoms with Crippen molar-refractivity contribution in [1.82, 2.24) is 4.90 Å². The van der Waals surface area contributed by atoms with E-state index in [-0.39, 0.29) is 17.1 Å². The summed E-state index contributed by atoms with van der Waals surface area (Å²) in [4.78, 5) is 25.7. The monoisotopic (exact) mass is 283 g/mol. The zero-order valence-electron chi connectivity index (χ0n) is 11.4. The summed E-state index contributed by atoms with van der Waals surface area (Å²) in [6, 6.07) is 11.6. The topological polar surface area (TPSA) is 63.7 Å². The van der Waals surface area contributed by atoms with Crippen LogP contribution in [0.4, 0.5) is 0 Å². The number of amides is 1. The van der Waals surface area contributed by atoms with Crippen molar-refractivity contribution in [3.8, 4) is 0 Å². The van der Waals surface area contributed by atoms with Gasteiger partial charge < -0.3 is 13.7 Å². The van der Waals surface area contributed by atoms with Crippen molar-refractivity contribution in [3.05, 3.63) is 70.5 Å². The van der Waals surface area contributed by atoms with Gasteiger partial charge in [-0.25, -0.2) is 0 Å². The molecule has 0 aliphatic rings. The average molecular weight is 283 g/mol. The van der Waals surface area contributed by atoms with Gasteiger partial charge in [0, 0.05) is 13.1 Å². The molecule has 0 saturated carbocycles. The van der Waals surface area contributed by atoms with E-state index < -0.39 is 0 Å². The third kappa shape index (κ3) is 2.58. The minimum absolute atomic E-state index is 0.0211. The van der Waals surface area contributed by atoms with Gasteiger partial charge in [-0.1, -0.05) is 12.1 Å². The van der Waals surface area contributed by atoms with Gasteiger partial charge in [-0.05, 0) is 24.3 Å². The van der Waals surface area contributed by atoms with E-state index >= 15 is 0 Å². The Labute approximate surface area is 120 Å². The standard InChI is InChI=1S/C16H13NO4/c1-17(10-11-5-4-8-20-11)16(19)15-9-13(18)12-6-2-3-7-14(12)21-15/h2-9H,10H2,1H3. The molecule has 0 spiro atoms. The number of carbonyl (C=O) groups is 1. The molecule has 1 amide bonds. The molecule has 0 N–H and O–H groups in total. The number of benzene rings is 1. The first-order valence-electron chi connectivity index (χ1n) is 6.46. The van der Waals surface area contributed by atoms with E-state index in [1.165, 1.54) is 11.0 Å². The minimum Gasteiger partial charge on any atom is -0.467 e. The molecule has 2 aromatic heterocycles. The second-order valence-electron chi connectivity index (χ2n) is 4.71. The SMILES string of the molecule is CN(Cc1ccco1)C(=O)c1cc(=O)c2ccccc2o1. The Bertz CT molecular complexity index is 833. The highest BCUT2D eigenvalue weighted by molar-refractivity contribution is 5.92. The van der Waals surface area contributed by atoms with Crippen LogP contribution in [0.2, 0.25) is 0 Å². The molecule has 3 rings (SSSR count). The van der Waals surface area contributed by atoms with E-state index in [2.05, 4.69) is 0 Å². The molecule has 0 aliphatic carbocycles. The molecule has 0 radical (unpaired) electrons. The zero-order chi connectivity index (χ0) is 14.8. The average Bonchev–Trinajstić information content (AvgIpc) is 2.99. The first-order chi connectivity index (χ1) is 10.1. The van der Waals surface area contributed by atoms with Crippen LogP contribution in [0.15, 0.2) is 62.4 Å². The highest BCUT2D eigenvalue weighted by Gasteiger charge is 2.17. The van der Waals surface area contributed by atoms with Crippen LogP contribution in [0.5, 0.6) is 0 Å². The third-order valence-electron chi connectivity index (χ3n) is 3.17. The molecule has 0 aliphatic heterocycles. The first kappa shape index (κ1) is 13.2. The van der Waals surface area contributed by atoms with E-state index in [0.717, 1.165) is 0 Å². The Hall–Kier alpha value is -2.82. The highest BCUT2D eigenvalue weighted by atomic mass is 16.3. The fraction of sp³-hybridized carbons (Fsp3) is 0.125.